The standard InChI is InChI=1S/C26H32N6O3S2.C22H22N4O4S2.S2/c1-15(2)5-6-19-22-16(26(7-8-26)30-24(22)35)11-21(33)32(19)12-20-28-18(14-36-20)25-29-17(13-37-25)23(34)27-9-10-31(3)4;1-11(2)3-4-15-18-12(22(5-6-22)25-19(18)28)7-17(27)26(15)8-16-23-13(9-31-16)20-24-14(10-32-20)21(29)30;1-2/h11,13-15H,5-10,12H2,1-4H3,(H,27,34)(H,30,35);7,9-11H,3-6,8H2,1-2H3,(H,25,28)(H,29,30);. The Morgan fingerprint density at radius 2 is 1.14 bits per heavy atom. The number of aromatic nitrogens is 6. The average Bonchev–Trinajstić information content (AvgIpc) is 3.75. The van der Waals surface area contributed by atoms with E-state index in [4.69, 9.17) is 10.1 Å². The lowest BCUT2D eigenvalue weighted by molar-refractivity contribution is 0.0690. The maximum absolute atomic E-state index is 13.3. The van der Waals surface area contributed by atoms with Crippen LogP contribution in [0.4, 0.5) is 0 Å². The first-order valence-corrected chi connectivity index (χ1v) is 28.1. The third-order valence-electron chi connectivity index (χ3n) is 12.9. The molecule has 2 aliphatic carbocycles. The summed E-state index contributed by atoms with van der Waals surface area (Å²) in [6.45, 7) is 10.4. The van der Waals surface area contributed by atoms with Crippen LogP contribution in [0.25, 0.3) is 21.4 Å². The number of fused-ring (bicyclic) bond motifs is 4. The molecular formula is C48H54N10O7S6. The molecule has 0 bridgehead atoms. The van der Waals surface area contributed by atoms with Gasteiger partial charge in [-0.05, 0) is 88.4 Å². The number of carboxylic acids is 1. The molecule has 8 heterocycles. The number of amides is 3. The molecule has 0 radical (unpaired) electrons. The van der Waals surface area contributed by atoms with Crippen molar-refractivity contribution >= 4 is 91.4 Å². The van der Waals surface area contributed by atoms with Gasteiger partial charge < -0.3 is 35.1 Å². The number of carbonyl (C=O) groups is 4. The molecule has 0 aromatic carbocycles. The van der Waals surface area contributed by atoms with Crippen LogP contribution in [0.3, 0.4) is 0 Å². The Bertz CT molecular complexity index is 3140. The van der Waals surface area contributed by atoms with Gasteiger partial charge in [0.25, 0.3) is 28.8 Å². The quantitative estimate of drug-likeness (QED) is 0.0758. The van der Waals surface area contributed by atoms with E-state index in [1.807, 2.05) is 29.8 Å². The molecule has 2 fully saturated rings. The second kappa shape index (κ2) is 21.4. The predicted molar refractivity (Wildman–Crippen MR) is 282 cm³/mol. The van der Waals surface area contributed by atoms with Gasteiger partial charge in [-0.1, -0.05) is 27.7 Å². The number of rotatable bonds is 17. The lowest BCUT2D eigenvalue weighted by Crippen LogP contribution is -2.31. The number of thiazole rings is 4. The highest BCUT2D eigenvalue weighted by Gasteiger charge is 2.54. The molecule has 2 saturated carbocycles. The SMILES string of the molecule is CC(C)CCc1c2c(cc(=O)n1Cc1nc(-c3nc(C(=O)NCCN(C)C)cs3)cs1)C1(CC1)NC2=O.CC(C)CCc1c2c(cc(=O)n1Cc1nc(-c3nc(C(=O)O)cs3)cs1)C1(CC1)NC2=O.S=S. The fraction of sp³-hybridized carbons (Fsp3) is 0.458. The van der Waals surface area contributed by atoms with Crippen LogP contribution in [0.5, 0.6) is 0 Å². The normalized spacial score (nSPS) is 15.3. The molecule has 6 aromatic rings. The lowest BCUT2D eigenvalue weighted by atomic mass is 9.97. The van der Waals surface area contributed by atoms with E-state index in [0.29, 0.717) is 81.0 Å². The van der Waals surface area contributed by atoms with Crippen molar-refractivity contribution in [1.29, 1.82) is 0 Å². The molecule has 374 valence electrons. The summed E-state index contributed by atoms with van der Waals surface area (Å²) in [5, 5.41) is 27.8. The smallest absolute Gasteiger partial charge is 0.355 e. The molecule has 6 aromatic heterocycles. The first-order chi connectivity index (χ1) is 33.9. The van der Waals surface area contributed by atoms with Gasteiger partial charge in [-0.3, -0.25) is 24.0 Å². The molecule has 71 heavy (non-hydrogen) atoms. The second-order valence-corrected chi connectivity index (χ2v) is 22.8. The molecule has 0 atom stereocenters. The Morgan fingerprint density at radius 3 is 1.54 bits per heavy atom. The van der Waals surface area contributed by atoms with Crippen molar-refractivity contribution in [3.63, 3.8) is 0 Å². The third kappa shape index (κ3) is 11.2. The van der Waals surface area contributed by atoms with Gasteiger partial charge in [-0.25, -0.2) is 24.7 Å². The number of carbonyl (C=O) groups excluding carboxylic acids is 3. The summed E-state index contributed by atoms with van der Waals surface area (Å²) in [5.74, 6) is -0.550. The van der Waals surface area contributed by atoms with E-state index in [1.165, 1.54) is 50.7 Å². The van der Waals surface area contributed by atoms with Crippen LogP contribution in [0.15, 0.2) is 43.2 Å². The molecule has 0 saturated heterocycles. The number of hydrogen-bond acceptors (Lipinski definition) is 17. The Kier molecular flexibility index (Phi) is 15.7. The largest absolute Gasteiger partial charge is 0.476 e. The Hall–Kier alpha value is -5.30. The third-order valence-corrected chi connectivity index (χ3v) is 16.3. The minimum atomic E-state index is -1.07. The molecule has 23 heteroatoms. The fourth-order valence-corrected chi connectivity index (χ4v) is 12.0. The van der Waals surface area contributed by atoms with Crippen molar-refractivity contribution in [3.05, 3.63) is 109 Å². The zero-order valence-corrected chi connectivity index (χ0v) is 45.0. The van der Waals surface area contributed by atoms with E-state index in [9.17, 15) is 28.8 Å². The second-order valence-electron chi connectivity index (χ2n) is 19.2. The number of aromatic carboxylic acids is 1. The van der Waals surface area contributed by atoms with E-state index in [1.54, 1.807) is 26.6 Å². The van der Waals surface area contributed by atoms with Crippen LogP contribution >= 0.6 is 45.3 Å². The van der Waals surface area contributed by atoms with Crippen molar-refractivity contribution in [1.82, 2.24) is 49.9 Å². The van der Waals surface area contributed by atoms with Gasteiger partial charge in [0, 0.05) is 80.5 Å². The van der Waals surface area contributed by atoms with Gasteiger partial charge >= 0.3 is 5.97 Å². The molecule has 3 amide bonds. The highest BCUT2D eigenvalue weighted by atomic mass is 32.8. The zero-order valence-electron chi connectivity index (χ0n) is 40.1. The highest BCUT2D eigenvalue weighted by molar-refractivity contribution is 8.07. The van der Waals surface area contributed by atoms with Crippen molar-refractivity contribution in [2.75, 3.05) is 27.2 Å². The number of nitrogens with zero attached hydrogens (tertiary/aromatic N) is 7. The first-order valence-electron chi connectivity index (χ1n) is 23.3. The van der Waals surface area contributed by atoms with Crippen LogP contribution in [0.2, 0.25) is 0 Å². The van der Waals surface area contributed by atoms with Gasteiger partial charge in [-0.2, -0.15) is 0 Å². The first kappa shape index (κ1) is 52.0. The van der Waals surface area contributed by atoms with Crippen molar-refractivity contribution < 1.29 is 24.3 Å². The van der Waals surface area contributed by atoms with Crippen LogP contribution in [0.1, 0.15) is 140 Å². The van der Waals surface area contributed by atoms with Gasteiger partial charge in [0.2, 0.25) is 0 Å². The van der Waals surface area contributed by atoms with E-state index in [0.717, 1.165) is 72.6 Å². The molecule has 17 nitrogen and oxygen atoms in total. The van der Waals surface area contributed by atoms with Crippen molar-refractivity contribution in [3.8, 4) is 21.4 Å². The average molecular weight is 1080 g/mol. The maximum Gasteiger partial charge on any atom is 0.355 e. The summed E-state index contributed by atoms with van der Waals surface area (Å²) in [6, 6.07) is 3.27. The van der Waals surface area contributed by atoms with Crippen LogP contribution in [-0.4, -0.2) is 90.0 Å². The van der Waals surface area contributed by atoms with E-state index in [-0.39, 0.29) is 52.2 Å². The van der Waals surface area contributed by atoms with Gasteiger partial charge in [0.15, 0.2) is 5.69 Å². The predicted octanol–water partition coefficient (Wildman–Crippen LogP) is 6.58. The maximum atomic E-state index is 13.3. The van der Waals surface area contributed by atoms with Crippen LogP contribution < -0.4 is 27.1 Å². The van der Waals surface area contributed by atoms with E-state index in [2.05, 4.69) is 81.0 Å². The summed E-state index contributed by atoms with van der Waals surface area (Å²) >= 11 is 12.8. The number of hydrogen-bond donors (Lipinski definition) is 4. The van der Waals surface area contributed by atoms with Gasteiger partial charge in [0.1, 0.15) is 37.1 Å². The molecule has 4 N–H and O–H groups in total. The summed E-state index contributed by atoms with van der Waals surface area (Å²) in [5.41, 5.74) is 5.41. The van der Waals surface area contributed by atoms with Gasteiger partial charge in [-0.15, -0.1) is 45.3 Å². The van der Waals surface area contributed by atoms with Crippen LogP contribution in [0, 0.1) is 11.8 Å². The monoisotopic (exact) mass is 1070 g/mol. The summed E-state index contributed by atoms with van der Waals surface area (Å²) < 4.78 is 3.39. The summed E-state index contributed by atoms with van der Waals surface area (Å²) in [6.07, 6.45) is 6.59. The van der Waals surface area contributed by atoms with E-state index >= 15 is 0 Å². The minimum absolute atomic E-state index is 0.00891. The molecular weight excluding hydrogens is 1020 g/mol. The van der Waals surface area contributed by atoms with E-state index < -0.39 is 5.97 Å². The topological polar surface area (TPSA) is 223 Å². The molecule has 2 spiro atoms. The van der Waals surface area contributed by atoms with Gasteiger partial charge in [0.05, 0.1) is 35.3 Å². The number of pyridine rings is 2. The molecule has 10 rings (SSSR count). The lowest BCUT2D eigenvalue weighted by Gasteiger charge is -2.17. The highest BCUT2D eigenvalue weighted by Crippen LogP contribution is 2.51. The minimum Gasteiger partial charge on any atom is -0.476 e. The van der Waals surface area contributed by atoms with Crippen molar-refractivity contribution in [2.24, 2.45) is 11.8 Å². The Labute approximate surface area is 435 Å². The number of likely N-dealkylation sites (N-methyl/N-ethyl adjacent to an activating group) is 1. The molecule has 2 aliphatic heterocycles. The fourth-order valence-electron chi connectivity index (χ4n) is 8.81. The van der Waals surface area contributed by atoms with Crippen LogP contribution in [-0.2, 0) is 59.4 Å². The Morgan fingerprint density at radius 1 is 0.704 bits per heavy atom. The molecule has 0 unspecified atom stereocenters. The number of carboxylic acid groups (broad SMARTS) is 1. The number of nitrogens with one attached hydrogen (secondary N) is 3. The van der Waals surface area contributed by atoms with Crippen molar-refractivity contribution in [2.45, 2.75) is 103 Å². The summed E-state index contributed by atoms with van der Waals surface area (Å²) in [4.78, 5) is 95.7. The Balaban J connectivity index is 0.000000186. The zero-order chi connectivity index (χ0) is 50.9. The summed E-state index contributed by atoms with van der Waals surface area (Å²) in [7, 11) is 3.91. The molecule has 4 aliphatic rings.